The molecule has 21 heavy (non-hydrogen) atoms. The predicted molar refractivity (Wildman–Crippen MR) is 81.3 cm³/mol. The second kappa shape index (κ2) is 6.18. The van der Waals surface area contributed by atoms with Crippen LogP contribution < -0.4 is 0 Å². The van der Waals surface area contributed by atoms with Gasteiger partial charge in [-0.2, -0.15) is 11.3 Å². The van der Waals surface area contributed by atoms with Gasteiger partial charge in [0.05, 0.1) is 6.42 Å². The molecule has 114 valence electrons. The zero-order valence-electron chi connectivity index (χ0n) is 12.0. The van der Waals surface area contributed by atoms with Crippen LogP contribution in [0.2, 0.25) is 0 Å². The molecule has 4 nitrogen and oxygen atoms in total. The quantitative estimate of drug-likeness (QED) is 0.934. The first-order valence-corrected chi connectivity index (χ1v) is 8.66. The van der Waals surface area contributed by atoms with Gasteiger partial charge in [0.1, 0.15) is 6.04 Å². The molecule has 0 bridgehead atoms. The maximum absolute atomic E-state index is 12.7. The first kappa shape index (κ1) is 14.6. The van der Waals surface area contributed by atoms with E-state index in [9.17, 15) is 14.7 Å². The van der Waals surface area contributed by atoms with Gasteiger partial charge in [-0.3, -0.25) is 4.79 Å². The van der Waals surface area contributed by atoms with E-state index >= 15 is 0 Å². The van der Waals surface area contributed by atoms with Crippen molar-refractivity contribution in [3.63, 3.8) is 0 Å². The molecule has 3 atom stereocenters. The lowest BCUT2D eigenvalue weighted by molar-refractivity contribution is -0.157. The van der Waals surface area contributed by atoms with Crippen LogP contribution in [0.5, 0.6) is 0 Å². The number of likely N-dealkylation sites (tertiary alicyclic amines) is 1. The van der Waals surface area contributed by atoms with E-state index in [1.165, 1.54) is 6.42 Å². The van der Waals surface area contributed by atoms with E-state index in [0.717, 1.165) is 31.2 Å². The molecule has 1 amide bonds. The van der Waals surface area contributed by atoms with Crippen LogP contribution in [0.3, 0.4) is 0 Å². The van der Waals surface area contributed by atoms with Crippen molar-refractivity contribution < 1.29 is 14.7 Å². The van der Waals surface area contributed by atoms with E-state index in [1.807, 2.05) is 16.8 Å². The number of fused-ring (bicyclic) bond motifs is 1. The maximum Gasteiger partial charge on any atom is 0.326 e. The summed E-state index contributed by atoms with van der Waals surface area (Å²) in [6.07, 6.45) is 6.30. The molecule has 3 unspecified atom stereocenters. The molecular formula is C16H21NO3S. The van der Waals surface area contributed by atoms with Crippen molar-refractivity contribution in [3.05, 3.63) is 22.4 Å². The number of piperidine rings is 1. The number of carbonyl (C=O) groups is 2. The Morgan fingerprint density at radius 2 is 2.05 bits per heavy atom. The van der Waals surface area contributed by atoms with Crippen LogP contribution in [0.4, 0.5) is 0 Å². The maximum atomic E-state index is 12.7. The fourth-order valence-corrected chi connectivity index (χ4v) is 4.56. The van der Waals surface area contributed by atoms with Gasteiger partial charge in [0.2, 0.25) is 5.91 Å². The van der Waals surface area contributed by atoms with Crippen LogP contribution in [0.1, 0.15) is 44.1 Å². The van der Waals surface area contributed by atoms with Crippen LogP contribution in [0.15, 0.2) is 16.8 Å². The highest BCUT2D eigenvalue weighted by Crippen LogP contribution is 2.38. The van der Waals surface area contributed by atoms with Gasteiger partial charge < -0.3 is 10.0 Å². The van der Waals surface area contributed by atoms with E-state index < -0.39 is 12.0 Å². The lowest BCUT2D eigenvalue weighted by Gasteiger charge is -2.47. The Morgan fingerprint density at radius 1 is 1.24 bits per heavy atom. The summed E-state index contributed by atoms with van der Waals surface area (Å²) in [6.45, 7) is 0. The summed E-state index contributed by atoms with van der Waals surface area (Å²) in [5, 5.41) is 13.4. The number of aliphatic carboxylic acids is 1. The summed E-state index contributed by atoms with van der Waals surface area (Å²) in [6, 6.07) is 1.45. The van der Waals surface area contributed by atoms with Crippen molar-refractivity contribution in [1.82, 2.24) is 4.90 Å². The summed E-state index contributed by atoms with van der Waals surface area (Å²) in [5.74, 6) is -0.365. The first-order chi connectivity index (χ1) is 10.2. The van der Waals surface area contributed by atoms with Gasteiger partial charge in [-0.05, 0) is 54.0 Å². The van der Waals surface area contributed by atoms with E-state index in [0.29, 0.717) is 18.8 Å². The Kier molecular flexibility index (Phi) is 4.29. The minimum atomic E-state index is -0.849. The number of carboxylic acids is 1. The number of carbonyl (C=O) groups excluding carboxylic acids is 1. The summed E-state index contributed by atoms with van der Waals surface area (Å²) in [7, 11) is 0. The third kappa shape index (κ3) is 2.98. The molecule has 5 heteroatoms. The summed E-state index contributed by atoms with van der Waals surface area (Å²) >= 11 is 1.57. The molecule has 1 aliphatic carbocycles. The summed E-state index contributed by atoms with van der Waals surface area (Å²) < 4.78 is 0. The zero-order chi connectivity index (χ0) is 14.8. The van der Waals surface area contributed by atoms with Gasteiger partial charge in [-0.15, -0.1) is 0 Å². The first-order valence-electron chi connectivity index (χ1n) is 7.72. The van der Waals surface area contributed by atoms with Crippen molar-refractivity contribution in [2.75, 3.05) is 0 Å². The molecule has 0 aromatic carbocycles. The predicted octanol–water partition coefficient (Wildman–Crippen LogP) is 2.93. The highest BCUT2D eigenvalue weighted by Gasteiger charge is 2.43. The van der Waals surface area contributed by atoms with Crippen LogP contribution in [-0.2, 0) is 16.0 Å². The van der Waals surface area contributed by atoms with Crippen LogP contribution in [0.25, 0.3) is 0 Å². The second-order valence-electron chi connectivity index (χ2n) is 6.15. The Hall–Kier alpha value is -1.36. The number of amides is 1. The number of carboxylic acid groups (broad SMARTS) is 1. The Morgan fingerprint density at radius 3 is 2.76 bits per heavy atom. The molecule has 1 aliphatic heterocycles. The minimum absolute atomic E-state index is 0.0163. The lowest BCUT2D eigenvalue weighted by Crippen LogP contribution is -2.57. The Bertz CT molecular complexity index is 514. The number of hydrogen-bond acceptors (Lipinski definition) is 3. The fourth-order valence-electron chi connectivity index (χ4n) is 3.89. The fraction of sp³-hybridized carbons (Fsp3) is 0.625. The van der Waals surface area contributed by atoms with Crippen LogP contribution in [0, 0.1) is 5.92 Å². The molecule has 1 aromatic rings. The number of rotatable bonds is 3. The standard InChI is InChI=1S/C16H21NO3S/c18-15(9-11-7-8-21-10-11)17-13-4-2-1-3-12(13)5-6-14(17)16(19)20/h7-8,10,12-14H,1-6,9H2,(H,19,20). The molecule has 1 saturated heterocycles. The second-order valence-corrected chi connectivity index (χ2v) is 6.93. The molecule has 0 spiro atoms. The van der Waals surface area contributed by atoms with Crippen molar-refractivity contribution >= 4 is 23.2 Å². The average molecular weight is 307 g/mol. The van der Waals surface area contributed by atoms with Gasteiger partial charge in [-0.25, -0.2) is 4.79 Å². The Balaban J connectivity index is 1.81. The van der Waals surface area contributed by atoms with Gasteiger partial charge >= 0.3 is 5.97 Å². The number of hydrogen-bond donors (Lipinski definition) is 1. The van der Waals surface area contributed by atoms with Crippen molar-refractivity contribution in [3.8, 4) is 0 Å². The number of thiophene rings is 1. The minimum Gasteiger partial charge on any atom is -0.480 e. The highest BCUT2D eigenvalue weighted by atomic mass is 32.1. The van der Waals surface area contributed by atoms with E-state index in [1.54, 1.807) is 16.2 Å². The van der Waals surface area contributed by atoms with Crippen LogP contribution >= 0.6 is 11.3 Å². The SMILES string of the molecule is O=C(O)C1CCC2CCCCC2N1C(=O)Cc1ccsc1. The normalized spacial score (nSPS) is 29.0. The monoisotopic (exact) mass is 307 g/mol. The smallest absolute Gasteiger partial charge is 0.326 e. The molecule has 2 fully saturated rings. The number of nitrogens with zero attached hydrogens (tertiary/aromatic N) is 1. The molecule has 2 heterocycles. The average Bonchev–Trinajstić information content (AvgIpc) is 2.98. The van der Waals surface area contributed by atoms with Gasteiger partial charge in [0, 0.05) is 6.04 Å². The summed E-state index contributed by atoms with van der Waals surface area (Å²) in [5.41, 5.74) is 0.993. The molecule has 2 aliphatic rings. The highest BCUT2D eigenvalue weighted by molar-refractivity contribution is 7.08. The van der Waals surface area contributed by atoms with Gasteiger partial charge in [0.25, 0.3) is 0 Å². The molecule has 3 rings (SSSR count). The van der Waals surface area contributed by atoms with Crippen molar-refractivity contribution in [1.29, 1.82) is 0 Å². The third-order valence-corrected chi connectivity index (χ3v) is 5.61. The Labute approximate surface area is 128 Å². The van der Waals surface area contributed by atoms with Crippen LogP contribution in [-0.4, -0.2) is 34.0 Å². The van der Waals surface area contributed by atoms with E-state index in [4.69, 9.17) is 0 Å². The third-order valence-electron chi connectivity index (χ3n) is 4.88. The zero-order valence-corrected chi connectivity index (χ0v) is 12.8. The molecule has 1 N–H and O–H groups in total. The lowest BCUT2D eigenvalue weighted by atomic mass is 9.76. The van der Waals surface area contributed by atoms with Gasteiger partial charge in [0.15, 0.2) is 0 Å². The molecule has 1 aromatic heterocycles. The van der Waals surface area contributed by atoms with Gasteiger partial charge in [-0.1, -0.05) is 12.8 Å². The van der Waals surface area contributed by atoms with E-state index in [2.05, 4.69) is 0 Å². The molecule has 1 saturated carbocycles. The topological polar surface area (TPSA) is 57.6 Å². The summed E-state index contributed by atoms with van der Waals surface area (Å²) in [4.78, 5) is 26.0. The van der Waals surface area contributed by atoms with Crippen molar-refractivity contribution in [2.24, 2.45) is 5.92 Å². The van der Waals surface area contributed by atoms with Crippen molar-refractivity contribution in [2.45, 2.75) is 57.0 Å². The van der Waals surface area contributed by atoms with E-state index in [-0.39, 0.29) is 11.9 Å². The molecular weight excluding hydrogens is 286 g/mol. The largest absolute Gasteiger partial charge is 0.480 e. The molecule has 0 radical (unpaired) electrons.